The van der Waals surface area contributed by atoms with E-state index in [1.807, 2.05) is 24.3 Å². The number of hydrogen-bond acceptors (Lipinski definition) is 5. The van der Waals surface area contributed by atoms with E-state index in [4.69, 9.17) is 4.42 Å². The van der Waals surface area contributed by atoms with Gasteiger partial charge in [0.25, 0.3) is 11.5 Å². The van der Waals surface area contributed by atoms with Gasteiger partial charge in [-0.2, -0.15) is 5.10 Å². The number of hydrogen-bond donors (Lipinski definition) is 1. The first-order valence-electron chi connectivity index (χ1n) is 9.68. The highest BCUT2D eigenvalue weighted by Gasteiger charge is 2.32. The summed E-state index contributed by atoms with van der Waals surface area (Å²) in [5, 5.41) is 7.24. The smallest absolute Gasteiger partial charge is 0.267 e. The van der Waals surface area contributed by atoms with Crippen LogP contribution in [0.3, 0.4) is 0 Å². The summed E-state index contributed by atoms with van der Waals surface area (Å²) < 4.78 is 6.53. The third-order valence-corrected chi connectivity index (χ3v) is 4.91. The monoisotopic (exact) mass is 394 g/mol. The van der Waals surface area contributed by atoms with Crippen LogP contribution in [-0.4, -0.2) is 28.8 Å². The SMILES string of the molecule is CCN(CC)c1ccc(NC(=O)C(C)(C)n2nc(-c3ccco3)ccc2=O)cc1. The second-order valence-electron chi connectivity index (χ2n) is 7.18. The molecule has 2 heterocycles. The second-order valence-corrected chi connectivity index (χ2v) is 7.18. The van der Waals surface area contributed by atoms with Crippen LogP contribution in [0.1, 0.15) is 27.7 Å². The molecule has 0 radical (unpaired) electrons. The van der Waals surface area contributed by atoms with Crippen molar-refractivity contribution < 1.29 is 9.21 Å². The zero-order chi connectivity index (χ0) is 21.0. The first kappa shape index (κ1) is 20.4. The largest absolute Gasteiger partial charge is 0.463 e. The highest BCUT2D eigenvalue weighted by molar-refractivity contribution is 5.96. The molecular formula is C22H26N4O3. The lowest BCUT2D eigenvalue weighted by Gasteiger charge is -2.25. The molecule has 1 N–H and O–H groups in total. The van der Waals surface area contributed by atoms with Gasteiger partial charge in [0, 0.05) is 30.5 Å². The van der Waals surface area contributed by atoms with Crippen LogP contribution in [0.2, 0.25) is 0 Å². The first-order valence-corrected chi connectivity index (χ1v) is 9.68. The van der Waals surface area contributed by atoms with Crippen LogP contribution >= 0.6 is 0 Å². The maximum atomic E-state index is 13.0. The highest BCUT2D eigenvalue weighted by atomic mass is 16.3. The molecule has 0 saturated heterocycles. The zero-order valence-electron chi connectivity index (χ0n) is 17.2. The van der Waals surface area contributed by atoms with E-state index in [-0.39, 0.29) is 11.5 Å². The van der Waals surface area contributed by atoms with Crippen molar-refractivity contribution in [3.05, 3.63) is 65.1 Å². The van der Waals surface area contributed by atoms with Crippen LogP contribution in [0.25, 0.3) is 11.5 Å². The van der Waals surface area contributed by atoms with Crippen LogP contribution in [0.15, 0.2) is 64.0 Å². The lowest BCUT2D eigenvalue weighted by atomic mass is 10.0. The van der Waals surface area contributed by atoms with E-state index in [0.717, 1.165) is 18.8 Å². The summed E-state index contributed by atoms with van der Waals surface area (Å²) in [5.74, 6) is 0.196. The molecule has 1 aromatic carbocycles. The third kappa shape index (κ3) is 4.23. The van der Waals surface area contributed by atoms with E-state index in [2.05, 4.69) is 29.2 Å². The summed E-state index contributed by atoms with van der Waals surface area (Å²) in [4.78, 5) is 27.6. The molecule has 0 spiro atoms. The summed E-state index contributed by atoms with van der Waals surface area (Å²) in [7, 11) is 0. The van der Waals surface area contributed by atoms with Gasteiger partial charge in [0.1, 0.15) is 11.2 Å². The predicted octanol–water partition coefficient (Wildman–Crippen LogP) is 3.72. The van der Waals surface area contributed by atoms with Gasteiger partial charge in [-0.3, -0.25) is 9.59 Å². The normalized spacial score (nSPS) is 11.3. The number of carbonyl (C=O) groups excluding carboxylic acids is 1. The van der Waals surface area contributed by atoms with Crippen LogP contribution < -0.4 is 15.8 Å². The Kier molecular flexibility index (Phi) is 5.87. The molecule has 7 heteroatoms. The molecule has 0 fully saturated rings. The number of furan rings is 1. The average Bonchev–Trinajstić information content (AvgIpc) is 3.25. The van der Waals surface area contributed by atoms with E-state index >= 15 is 0 Å². The van der Waals surface area contributed by atoms with E-state index < -0.39 is 5.54 Å². The number of amides is 1. The van der Waals surface area contributed by atoms with Gasteiger partial charge < -0.3 is 14.6 Å². The van der Waals surface area contributed by atoms with E-state index in [1.165, 1.54) is 17.0 Å². The molecule has 0 aliphatic carbocycles. The van der Waals surface area contributed by atoms with Crippen molar-refractivity contribution in [3.8, 4) is 11.5 Å². The molecule has 7 nitrogen and oxygen atoms in total. The summed E-state index contributed by atoms with van der Waals surface area (Å²) in [6, 6.07) is 14.1. The quantitative estimate of drug-likeness (QED) is 0.661. The zero-order valence-corrected chi connectivity index (χ0v) is 17.2. The highest BCUT2D eigenvalue weighted by Crippen LogP contribution is 2.22. The number of anilines is 2. The van der Waals surface area contributed by atoms with Gasteiger partial charge in [-0.25, -0.2) is 4.68 Å². The maximum Gasteiger partial charge on any atom is 0.267 e. The lowest BCUT2D eigenvalue weighted by Crippen LogP contribution is -2.47. The summed E-state index contributed by atoms with van der Waals surface area (Å²) in [6.07, 6.45) is 1.53. The van der Waals surface area contributed by atoms with Gasteiger partial charge in [-0.15, -0.1) is 0 Å². The minimum absolute atomic E-state index is 0.334. The topological polar surface area (TPSA) is 80.4 Å². The van der Waals surface area contributed by atoms with Gasteiger partial charge in [0.2, 0.25) is 0 Å². The fourth-order valence-corrected chi connectivity index (χ4v) is 3.09. The van der Waals surface area contributed by atoms with E-state index in [1.54, 1.807) is 32.0 Å². The Balaban J connectivity index is 1.83. The molecule has 3 rings (SSSR count). The fourth-order valence-electron chi connectivity index (χ4n) is 3.09. The number of nitrogens with one attached hydrogen (secondary N) is 1. The van der Waals surface area contributed by atoms with Crippen molar-refractivity contribution in [1.29, 1.82) is 0 Å². The number of benzene rings is 1. The summed E-state index contributed by atoms with van der Waals surface area (Å²) in [5.41, 5.74) is 0.680. The number of aromatic nitrogens is 2. The molecule has 0 saturated carbocycles. The molecule has 2 aromatic heterocycles. The van der Waals surface area contributed by atoms with Crippen LogP contribution in [0.5, 0.6) is 0 Å². The Morgan fingerprint density at radius 2 is 1.79 bits per heavy atom. The lowest BCUT2D eigenvalue weighted by molar-refractivity contribution is -0.123. The maximum absolute atomic E-state index is 13.0. The van der Waals surface area contributed by atoms with Crippen molar-refractivity contribution in [2.24, 2.45) is 0 Å². The minimum atomic E-state index is -1.20. The molecule has 0 aliphatic heterocycles. The van der Waals surface area contributed by atoms with Crippen LogP contribution in [0, 0.1) is 0 Å². The van der Waals surface area contributed by atoms with Gasteiger partial charge in [0.15, 0.2) is 5.76 Å². The second kappa shape index (κ2) is 8.34. The Morgan fingerprint density at radius 1 is 1.10 bits per heavy atom. The first-order chi connectivity index (χ1) is 13.9. The molecule has 152 valence electrons. The molecular weight excluding hydrogens is 368 g/mol. The van der Waals surface area contributed by atoms with E-state index in [9.17, 15) is 9.59 Å². The van der Waals surface area contributed by atoms with Gasteiger partial charge in [-0.1, -0.05) is 0 Å². The van der Waals surface area contributed by atoms with Crippen molar-refractivity contribution >= 4 is 17.3 Å². The molecule has 3 aromatic rings. The molecule has 0 bridgehead atoms. The number of rotatable bonds is 7. The van der Waals surface area contributed by atoms with Crippen LogP contribution in [0.4, 0.5) is 11.4 Å². The Morgan fingerprint density at radius 3 is 2.38 bits per heavy atom. The van der Waals surface area contributed by atoms with Crippen molar-refractivity contribution in [1.82, 2.24) is 9.78 Å². The number of carbonyl (C=O) groups is 1. The Bertz CT molecular complexity index is 1020. The third-order valence-electron chi connectivity index (χ3n) is 4.91. The molecule has 0 unspecified atom stereocenters. The summed E-state index contributed by atoms with van der Waals surface area (Å²) >= 11 is 0. The van der Waals surface area contributed by atoms with Crippen molar-refractivity contribution in [3.63, 3.8) is 0 Å². The Hall–Kier alpha value is -3.35. The molecule has 29 heavy (non-hydrogen) atoms. The van der Waals surface area contributed by atoms with Gasteiger partial charge in [-0.05, 0) is 70.2 Å². The molecule has 1 amide bonds. The summed E-state index contributed by atoms with van der Waals surface area (Å²) in [6.45, 7) is 9.35. The Labute approximate surface area is 170 Å². The van der Waals surface area contributed by atoms with Crippen molar-refractivity contribution in [2.75, 3.05) is 23.3 Å². The average molecular weight is 394 g/mol. The van der Waals surface area contributed by atoms with Crippen molar-refractivity contribution in [2.45, 2.75) is 33.2 Å². The standard InChI is InChI=1S/C22H26N4O3/c1-5-25(6-2)17-11-9-16(10-12-17)23-21(28)22(3,4)26-20(27)14-13-18(24-26)19-8-7-15-29-19/h7-15H,5-6H2,1-4H3,(H,23,28). The van der Waals surface area contributed by atoms with Gasteiger partial charge in [0.05, 0.1) is 6.26 Å². The van der Waals surface area contributed by atoms with E-state index in [0.29, 0.717) is 17.1 Å². The molecule has 0 aliphatic rings. The van der Waals surface area contributed by atoms with Crippen LogP contribution in [-0.2, 0) is 10.3 Å². The minimum Gasteiger partial charge on any atom is -0.463 e. The molecule has 0 atom stereocenters. The fraction of sp³-hybridized carbons (Fsp3) is 0.318. The predicted molar refractivity (Wildman–Crippen MR) is 114 cm³/mol. The number of nitrogens with zero attached hydrogens (tertiary/aromatic N) is 3. The van der Waals surface area contributed by atoms with Gasteiger partial charge >= 0.3 is 0 Å².